The van der Waals surface area contributed by atoms with Crippen LogP contribution in [0.3, 0.4) is 0 Å². The van der Waals surface area contributed by atoms with Crippen LogP contribution in [0.5, 0.6) is 0 Å². The molecule has 0 bridgehead atoms. The quantitative estimate of drug-likeness (QED) is 0.649. The third kappa shape index (κ3) is 5.23. The monoisotopic (exact) mass is 420 g/mol. The Balaban J connectivity index is 1.58. The van der Waals surface area contributed by atoms with Crippen LogP contribution in [0, 0.1) is 13.8 Å². The van der Waals surface area contributed by atoms with E-state index in [-0.39, 0.29) is 17.3 Å². The Hall–Kier alpha value is -2.23. The van der Waals surface area contributed by atoms with E-state index < -0.39 is 10.0 Å². The first-order valence-electron chi connectivity index (χ1n) is 9.82. The average Bonchev–Trinajstić information content (AvgIpc) is 3.00. The van der Waals surface area contributed by atoms with Crippen LogP contribution in [-0.2, 0) is 32.5 Å². The predicted octanol–water partition coefficient (Wildman–Crippen LogP) is 1.27. The molecule has 0 spiro atoms. The first-order valence-corrected chi connectivity index (χ1v) is 11.3. The molecule has 3 rings (SSSR count). The summed E-state index contributed by atoms with van der Waals surface area (Å²) in [6.07, 6.45) is 1.73. The van der Waals surface area contributed by atoms with Crippen LogP contribution in [-0.4, -0.2) is 61.3 Å². The van der Waals surface area contributed by atoms with Crippen LogP contribution in [0.1, 0.15) is 23.4 Å². The van der Waals surface area contributed by atoms with Gasteiger partial charge in [-0.1, -0.05) is 30.3 Å². The molecule has 158 valence electrons. The summed E-state index contributed by atoms with van der Waals surface area (Å²) in [6.45, 7) is 5.34. The molecule has 0 radical (unpaired) electrons. The largest absolute Gasteiger partial charge is 0.379 e. The lowest BCUT2D eigenvalue weighted by atomic mass is 10.1. The maximum absolute atomic E-state index is 13.0. The minimum absolute atomic E-state index is 0.00333. The van der Waals surface area contributed by atoms with Crippen LogP contribution in [0.15, 0.2) is 35.2 Å². The van der Waals surface area contributed by atoms with Crippen LogP contribution in [0.2, 0.25) is 0 Å². The van der Waals surface area contributed by atoms with Crippen LogP contribution < -0.4 is 5.32 Å². The van der Waals surface area contributed by atoms with E-state index in [4.69, 9.17) is 4.74 Å². The van der Waals surface area contributed by atoms with Gasteiger partial charge in [0.25, 0.3) is 0 Å². The molecule has 1 N–H and O–H groups in total. The Morgan fingerprint density at radius 1 is 1.17 bits per heavy atom. The summed E-state index contributed by atoms with van der Waals surface area (Å²) in [7, 11) is -3.65. The van der Waals surface area contributed by atoms with Crippen molar-refractivity contribution in [3.63, 3.8) is 0 Å². The summed E-state index contributed by atoms with van der Waals surface area (Å²) in [4.78, 5) is 12.5. The molecule has 0 saturated carbocycles. The Morgan fingerprint density at radius 2 is 1.86 bits per heavy atom. The second-order valence-corrected chi connectivity index (χ2v) is 8.99. The summed E-state index contributed by atoms with van der Waals surface area (Å²) in [5, 5.41) is 7.19. The number of aromatic nitrogens is 2. The first kappa shape index (κ1) is 21.5. The zero-order chi connectivity index (χ0) is 20.9. The van der Waals surface area contributed by atoms with E-state index in [0.717, 1.165) is 12.8 Å². The molecule has 1 aliphatic heterocycles. The molecular formula is C20H28N4O4S. The van der Waals surface area contributed by atoms with Gasteiger partial charge in [-0.15, -0.1) is 0 Å². The van der Waals surface area contributed by atoms with Crippen LogP contribution >= 0.6 is 0 Å². The highest BCUT2D eigenvalue weighted by Crippen LogP contribution is 2.24. The van der Waals surface area contributed by atoms with Gasteiger partial charge in [0.2, 0.25) is 15.9 Å². The molecule has 1 amide bonds. The summed E-state index contributed by atoms with van der Waals surface area (Å²) in [5.74, 6) is -0.181. The summed E-state index contributed by atoms with van der Waals surface area (Å²) < 4.78 is 34.1. The van der Waals surface area contributed by atoms with Crippen molar-refractivity contribution < 1.29 is 17.9 Å². The number of benzene rings is 1. The highest BCUT2D eigenvalue weighted by atomic mass is 32.2. The normalized spacial score (nSPS) is 15.4. The molecule has 1 aromatic heterocycles. The number of ether oxygens (including phenoxy) is 1. The Labute approximate surface area is 171 Å². The van der Waals surface area contributed by atoms with Crippen molar-refractivity contribution in [2.45, 2.75) is 38.1 Å². The van der Waals surface area contributed by atoms with Gasteiger partial charge in [-0.05, 0) is 32.3 Å². The van der Waals surface area contributed by atoms with Gasteiger partial charge in [-0.25, -0.2) is 8.42 Å². The molecule has 1 fully saturated rings. The zero-order valence-electron chi connectivity index (χ0n) is 16.9. The number of sulfonamides is 1. The molecule has 8 nitrogen and oxygen atoms in total. The molecule has 1 saturated heterocycles. The van der Waals surface area contributed by atoms with E-state index in [9.17, 15) is 13.2 Å². The molecule has 9 heteroatoms. The van der Waals surface area contributed by atoms with Gasteiger partial charge in [0.15, 0.2) is 0 Å². The van der Waals surface area contributed by atoms with Crippen molar-refractivity contribution in [1.29, 1.82) is 0 Å². The first-order chi connectivity index (χ1) is 13.9. The van der Waals surface area contributed by atoms with Gasteiger partial charge in [0, 0.05) is 19.6 Å². The number of carbonyl (C=O) groups is 1. The third-order valence-corrected chi connectivity index (χ3v) is 7.14. The summed E-state index contributed by atoms with van der Waals surface area (Å²) in [6, 6.07) is 10.1. The van der Waals surface area contributed by atoms with E-state index in [1.54, 1.807) is 13.8 Å². The predicted molar refractivity (Wildman–Crippen MR) is 109 cm³/mol. The van der Waals surface area contributed by atoms with Crippen molar-refractivity contribution in [2.75, 3.05) is 32.8 Å². The molecule has 0 unspecified atom stereocenters. The van der Waals surface area contributed by atoms with Crippen molar-refractivity contribution in [2.24, 2.45) is 0 Å². The van der Waals surface area contributed by atoms with Crippen molar-refractivity contribution in [1.82, 2.24) is 19.4 Å². The van der Waals surface area contributed by atoms with E-state index in [0.29, 0.717) is 44.2 Å². The Bertz CT molecular complexity index is 935. The van der Waals surface area contributed by atoms with E-state index in [2.05, 4.69) is 22.5 Å². The molecule has 2 heterocycles. The third-order valence-electron chi connectivity index (χ3n) is 4.98. The number of rotatable bonds is 8. The summed E-state index contributed by atoms with van der Waals surface area (Å²) >= 11 is 0. The summed E-state index contributed by atoms with van der Waals surface area (Å²) in [5.41, 5.74) is 2.12. The standard InChI is InChI=1S/C20H28N4O4S/c1-16-20(29(26,27)23-11-13-28-14-12-23)17(2)24(22-16)15-19(25)21-10-6-9-18-7-4-3-5-8-18/h3-5,7-8H,6,9-15H2,1-2H3,(H,21,25). The SMILES string of the molecule is Cc1nn(CC(=O)NCCCc2ccccc2)c(C)c1S(=O)(=O)N1CCOCC1. The lowest BCUT2D eigenvalue weighted by molar-refractivity contribution is -0.121. The topological polar surface area (TPSA) is 93.5 Å². The van der Waals surface area contributed by atoms with Crippen molar-refractivity contribution in [3.8, 4) is 0 Å². The fourth-order valence-corrected chi connectivity index (χ4v) is 5.26. The highest BCUT2D eigenvalue weighted by Gasteiger charge is 2.32. The second-order valence-electron chi connectivity index (χ2n) is 7.11. The number of amides is 1. The maximum Gasteiger partial charge on any atom is 0.246 e. The number of carbonyl (C=O) groups excluding carboxylic acids is 1. The molecule has 0 atom stereocenters. The zero-order valence-corrected chi connectivity index (χ0v) is 17.7. The number of aryl methyl sites for hydroxylation is 2. The van der Waals surface area contributed by atoms with E-state index in [1.165, 1.54) is 14.6 Å². The molecule has 2 aromatic rings. The molecular weight excluding hydrogens is 392 g/mol. The van der Waals surface area contributed by atoms with E-state index in [1.807, 2.05) is 18.2 Å². The van der Waals surface area contributed by atoms with Crippen molar-refractivity contribution >= 4 is 15.9 Å². The fourth-order valence-electron chi connectivity index (χ4n) is 3.48. The number of nitrogens with zero attached hydrogens (tertiary/aromatic N) is 3. The van der Waals surface area contributed by atoms with Gasteiger partial charge >= 0.3 is 0 Å². The average molecular weight is 421 g/mol. The maximum atomic E-state index is 13.0. The second kappa shape index (κ2) is 9.51. The number of hydrogen-bond donors (Lipinski definition) is 1. The molecule has 29 heavy (non-hydrogen) atoms. The van der Waals surface area contributed by atoms with Gasteiger partial charge in [-0.2, -0.15) is 9.40 Å². The Morgan fingerprint density at radius 3 is 2.55 bits per heavy atom. The van der Waals surface area contributed by atoms with Gasteiger partial charge in [-0.3, -0.25) is 9.48 Å². The number of hydrogen-bond acceptors (Lipinski definition) is 5. The molecule has 0 aliphatic carbocycles. The van der Waals surface area contributed by atoms with Gasteiger partial charge in [0.1, 0.15) is 11.4 Å². The van der Waals surface area contributed by atoms with Crippen LogP contribution in [0.4, 0.5) is 0 Å². The van der Waals surface area contributed by atoms with Gasteiger partial charge in [0.05, 0.1) is 24.6 Å². The smallest absolute Gasteiger partial charge is 0.246 e. The lowest BCUT2D eigenvalue weighted by Gasteiger charge is -2.26. The van der Waals surface area contributed by atoms with Crippen LogP contribution in [0.25, 0.3) is 0 Å². The fraction of sp³-hybridized carbons (Fsp3) is 0.500. The number of morpholine rings is 1. The lowest BCUT2D eigenvalue weighted by Crippen LogP contribution is -2.41. The van der Waals surface area contributed by atoms with Crippen molar-refractivity contribution in [3.05, 3.63) is 47.3 Å². The minimum atomic E-state index is -3.65. The highest BCUT2D eigenvalue weighted by molar-refractivity contribution is 7.89. The van der Waals surface area contributed by atoms with Gasteiger partial charge < -0.3 is 10.1 Å². The van der Waals surface area contributed by atoms with E-state index >= 15 is 0 Å². The molecule has 1 aromatic carbocycles. The minimum Gasteiger partial charge on any atom is -0.379 e. The number of nitrogens with one attached hydrogen (secondary N) is 1. The Kier molecular flexibility index (Phi) is 7.05. The molecule has 1 aliphatic rings.